The van der Waals surface area contributed by atoms with Gasteiger partial charge in [-0.05, 0) is 49.3 Å². The Morgan fingerprint density at radius 1 is 1.38 bits per heavy atom. The molecule has 0 bridgehead atoms. The van der Waals surface area contributed by atoms with Crippen molar-refractivity contribution in [3.8, 4) is 5.75 Å². The molecule has 1 fully saturated rings. The van der Waals surface area contributed by atoms with Crippen LogP contribution in [0.5, 0.6) is 5.75 Å². The largest absolute Gasteiger partial charge is 0.490 e. The lowest BCUT2D eigenvalue weighted by Crippen LogP contribution is -2.40. The molecule has 1 aromatic rings. The molecule has 0 saturated heterocycles. The van der Waals surface area contributed by atoms with E-state index in [4.69, 9.17) is 4.74 Å². The minimum atomic E-state index is -0.802. The molecule has 2 N–H and O–H groups in total. The summed E-state index contributed by atoms with van der Waals surface area (Å²) in [6.45, 7) is 4.36. The number of nitrogens with one attached hydrogen (secondary N) is 1. The highest BCUT2D eigenvalue weighted by atomic mass is 16.5. The summed E-state index contributed by atoms with van der Waals surface area (Å²) in [5, 5.41) is 12.3. The Morgan fingerprint density at radius 2 is 2.10 bits per heavy atom. The van der Waals surface area contributed by atoms with Crippen molar-refractivity contribution in [2.45, 2.75) is 58.2 Å². The molecule has 0 amide bonds. The number of ether oxygens (including phenoxy) is 1. The van der Waals surface area contributed by atoms with Gasteiger partial charge in [0.15, 0.2) is 0 Å². The minimum absolute atomic E-state index is 0.0559. The van der Waals surface area contributed by atoms with Gasteiger partial charge in [-0.15, -0.1) is 0 Å². The van der Waals surface area contributed by atoms with Crippen molar-refractivity contribution in [2.75, 3.05) is 0 Å². The normalized spacial score (nSPS) is 17.1. The zero-order chi connectivity index (χ0) is 15.2. The summed E-state index contributed by atoms with van der Waals surface area (Å²) in [7, 11) is 0. The Kier molecular flexibility index (Phi) is 5.62. The molecular weight excluding hydrogens is 266 g/mol. The van der Waals surface area contributed by atoms with E-state index in [2.05, 4.69) is 5.32 Å². The Morgan fingerprint density at radius 3 is 2.71 bits per heavy atom. The number of carbonyl (C=O) groups is 1. The molecule has 4 nitrogen and oxygen atoms in total. The van der Waals surface area contributed by atoms with Crippen LogP contribution in [0.3, 0.4) is 0 Å². The highest BCUT2D eigenvalue weighted by Gasteiger charge is 2.20. The Bertz CT molecular complexity index is 467. The number of hydrogen-bond acceptors (Lipinski definition) is 3. The molecule has 0 spiro atoms. The van der Waals surface area contributed by atoms with Crippen molar-refractivity contribution in [1.29, 1.82) is 0 Å². The van der Waals surface area contributed by atoms with Crippen LogP contribution in [-0.2, 0) is 11.3 Å². The van der Waals surface area contributed by atoms with E-state index in [1.807, 2.05) is 38.1 Å². The van der Waals surface area contributed by atoms with Gasteiger partial charge in [-0.3, -0.25) is 4.79 Å². The summed E-state index contributed by atoms with van der Waals surface area (Å²) in [5.41, 5.74) is 1.05. The molecule has 2 rings (SSSR count). The standard InChI is InChI=1S/C17H25NO3/c1-12(2)16(17(19)20)18-11-13-6-5-9-15(10-13)21-14-7-3-4-8-14/h5-6,9-10,12,14,16,18H,3-4,7-8,11H2,1-2H3,(H,19,20)/t16-/m0/s1. The summed E-state index contributed by atoms with van der Waals surface area (Å²) in [5.74, 6) is 0.140. The van der Waals surface area contributed by atoms with E-state index in [-0.39, 0.29) is 5.92 Å². The maximum Gasteiger partial charge on any atom is 0.320 e. The number of hydrogen-bond donors (Lipinski definition) is 2. The monoisotopic (exact) mass is 291 g/mol. The number of carboxylic acid groups (broad SMARTS) is 1. The molecule has 0 heterocycles. The van der Waals surface area contributed by atoms with Gasteiger partial charge in [0.1, 0.15) is 11.8 Å². The first-order valence-electron chi connectivity index (χ1n) is 7.78. The molecule has 116 valence electrons. The zero-order valence-electron chi connectivity index (χ0n) is 12.8. The molecule has 21 heavy (non-hydrogen) atoms. The lowest BCUT2D eigenvalue weighted by atomic mass is 10.0. The molecule has 0 aliphatic heterocycles. The average molecular weight is 291 g/mol. The fraction of sp³-hybridized carbons (Fsp3) is 0.588. The van der Waals surface area contributed by atoms with Crippen LogP contribution in [0.15, 0.2) is 24.3 Å². The van der Waals surface area contributed by atoms with E-state index < -0.39 is 12.0 Å². The third-order valence-corrected chi connectivity index (χ3v) is 3.96. The van der Waals surface area contributed by atoms with Crippen LogP contribution in [0.25, 0.3) is 0 Å². The predicted octanol–water partition coefficient (Wildman–Crippen LogP) is 3.21. The van der Waals surface area contributed by atoms with E-state index >= 15 is 0 Å². The van der Waals surface area contributed by atoms with Crippen LogP contribution in [0, 0.1) is 5.92 Å². The number of carboxylic acids is 1. The summed E-state index contributed by atoms with van der Waals surface area (Å²) < 4.78 is 5.97. The van der Waals surface area contributed by atoms with Crippen molar-refractivity contribution in [3.63, 3.8) is 0 Å². The molecule has 4 heteroatoms. The highest BCUT2D eigenvalue weighted by molar-refractivity contribution is 5.73. The molecule has 1 saturated carbocycles. The predicted molar refractivity (Wildman–Crippen MR) is 82.4 cm³/mol. The fourth-order valence-electron chi connectivity index (χ4n) is 2.76. The maximum absolute atomic E-state index is 11.2. The zero-order valence-corrected chi connectivity index (χ0v) is 12.8. The van der Waals surface area contributed by atoms with E-state index in [1.165, 1.54) is 12.8 Å². The van der Waals surface area contributed by atoms with Crippen LogP contribution in [-0.4, -0.2) is 23.2 Å². The van der Waals surface area contributed by atoms with Crippen molar-refractivity contribution in [2.24, 2.45) is 5.92 Å². The molecule has 0 unspecified atom stereocenters. The van der Waals surface area contributed by atoms with Crippen molar-refractivity contribution in [1.82, 2.24) is 5.32 Å². The van der Waals surface area contributed by atoms with Crippen molar-refractivity contribution in [3.05, 3.63) is 29.8 Å². The molecular formula is C17H25NO3. The van der Waals surface area contributed by atoms with Gasteiger partial charge in [-0.25, -0.2) is 0 Å². The first kappa shape index (κ1) is 15.8. The SMILES string of the molecule is CC(C)[C@H](NCc1cccc(OC2CCCC2)c1)C(=O)O. The van der Waals surface area contributed by atoms with Gasteiger partial charge >= 0.3 is 5.97 Å². The maximum atomic E-state index is 11.2. The van der Waals surface area contributed by atoms with Crippen LogP contribution in [0.4, 0.5) is 0 Å². The molecule has 0 aromatic heterocycles. The van der Waals surface area contributed by atoms with Gasteiger partial charge in [0.05, 0.1) is 6.10 Å². The van der Waals surface area contributed by atoms with Gasteiger partial charge < -0.3 is 15.2 Å². The van der Waals surface area contributed by atoms with E-state index in [0.29, 0.717) is 12.6 Å². The van der Waals surface area contributed by atoms with Gasteiger partial charge in [-0.2, -0.15) is 0 Å². The van der Waals surface area contributed by atoms with Gasteiger partial charge in [0, 0.05) is 6.54 Å². The van der Waals surface area contributed by atoms with E-state index in [1.54, 1.807) is 0 Å². The molecule has 0 radical (unpaired) electrons. The molecule has 1 aromatic carbocycles. The summed E-state index contributed by atoms with van der Waals surface area (Å²) >= 11 is 0. The van der Waals surface area contributed by atoms with E-state index in [9.17, 15) is 9.90 Å². The van der Waals surface area contributed by atoms with Crippen LogP contribution in [0.2, 0.25) is 0 Å². The second-order valence-electron chi connectivity index (χ2n) is 6.11. The number of benzene rings is 1. The Balaban J connectivity index is 1.92. The second-order valence-corrected chi connectivity index (χ2v) is 6.11. The van der Waals surface area contributed by atoms with Gasteiger partial charge in [-0.1, -0.05) is 26.0 Å². The summed E-state index contributed by atoms with van der Waals surface area (Å²) in [4.78, 5) is 11.2. The Labute approximate surface area is 126 Å². The smallest absolute Gasteiger partial charge is 0.320 e. The minimum Gasteiger partial charge on any atom is -0.490 e. The van der Waals surface area contributed by atoms with Crippen LogP contribution in [0.1, 0.15) is 45.1 Å². The number of rotatable bonds is 7. The van der Waals surface area contributed by atoms with Crippen molar-refractivity contribution >= 4 is 5.97 Å². The summed E-state index contributed by atoms with van der Waals surface area (Å²) in [6, 6.07) is 7.41. The third-order valence-electron chi connectivity index (χ3n) is 3.96. The first-order valence-corrected chi connectivity index (χ1v) is 7.78. The lowest BCUT2D eigenvalue weighted by Gasteiger charge is -2.18. The van der Waals surface area contributed by atoms with Crippen molar-refractivity contribution < 1.29 is 14.6 Å². The first-order chi connectivity index (χ1) is 10.1. The molecule has 1 aliphatic carbocycles. The number of aliphatic carboxylic acids is 1. The Hall–Kier alpha value is -1.55. The quantitative estimate of drug-likeness (QED) is 0.810. The van der Waals surface area contributed by atoms with Gasteiger partial charge in [0.25, 0.3) is 0 Å². The summed E-state index contributed by atoms with van der Waals surface area (Å²) in [6.07, 6.45) is 5.12. The molecule has 1 atom stereocenters. The highest BCUT2D eigenvalue weighted by Crippen LogP contribution is 2.24. The lowest BCUT2D eigenvalue weighted by molar-refractivity contribution is -0.140. The topological polar surface area (TPSA) is 58.6 Å². The van der Waals surface area contributed by atoms with E-state index in [0.717, 1.165) is 24.2 Å². The molecule has 1 aliphatic rings. The second kappa shape index (κ2) is 7.46. The van der Waals surface area contributed by atoms with Crippen LogP contribution < -0.4 is 10.1 Å². The van der Waals surface area contributed by atoms with Gasteiger partial charge in [0.2, 0.25) is 0 Å². The average Bonchev–Trinajstić information content (AvgIpc) is 2.91. The third kappa shape index (κ3) is 4.74. The van der Waals surface area contributed by atoms with Crippen LogP contribution >= 0.6 is 0 Å². The fourth-order valence-corrected chi connectivity index (χ4v) is 2.76.